The van der Waals surface area contributed by atoms with Crippen LogP contribution in [0, 0.1) is 0 Å². The van der Waals surface area contributed by atoms with E-state index >= 15 is 0 Å². The molecule has 0 radical (unpaired) electrons. The van der Waals surface area contributed by atoms with Crippen molar-refractivity contribution in [1.82, 2.24) is 19.8 Å². The van der Waals surface area contributed by atoms with E-state index in [0.29, 0.717) is 55.9 Å². The Kier molecular flexibility index (Phi) is 5.73. The van der Waals surface area contributed by atoms with Crippen molar-refractivity contribution >= 4 is 5.91 Å². The van der Waals surface area contributed by atoms with Crippen molar-refractivity contribution in [3.8, 4) is 17.2 Å². The van der Waals surface area contributed by atoms with Crippen molar-refractivity contribution in [3.05, 3.63) is 45.6 Å². The van der Waals surface area contributed by atoms with Crippen molar-refractivity contribution in [1.29, 1.82) is 0 Å². The number of ether oxygens (including phenoxy) is 3. The van der Waals surface area contributed by atoms with Crippen LogP contribution in [0.1, 0.15) is 35.8 Å². The highest BCUT2D eigenvalue weighted by Gasteiger charge is 2.28. The van der Waals surface area contributed by atoms with Gasteiger partial charge < -0.3 is 29.0 Å². The van der Waals surface area contributed by atoms with E-state index in [2.05, 4.69) is 9.88 Å². The number of carbonyl (C=O) groups is 1. The van der Waals surface area contributed by atoms with Crippen LogP contribution in [0.15, 0.2) is 23.0 Å². The van der Waals surface area contributed by atoms with E-state index in [9.17, 15) is 9.59 Å². The van der Waals surface area contributed by atoms with Crippen molar-refractivity contribution in [2.24, 2.45) is 0 Å². The van der Waals surface area contributed by atoms with Gasteiger partial charge in [0.1, 0.15) is 24.8 Å². The minimum absolute atomic E-state index is 0.0275. The van der Waals surface area contributed by atoms with Crippen LogP contribution in [-0.2, 0) is 17.8 Å². The van der Waals surface area contributed by atoms with Gasteiger partial charge in [-0.05, 0) is 32.0 Å². The topological polar surface area (TPSA) is 97.0 Å². The molecule has 1 N–H and O–H groups in total. The third-order valence-electron chi connectivity index (χ3n) is 6.31. The Bertz CT molecular complexity index is 1070. The number of carbonyl (C=O) groups excluding carboxylic acids is 1. The highest BCUT2D eigenvalue weighted by molar-refractivity contribution is 5.78. The molecule has 1 aromatic heterocycles. The van der Waals surface area contributed by atoms with E-state index in [0.717, 1.165) is 37.1 Å². The summed E-state index contributed by atoms with van der Waals surface area (Å²) in [5, 5.41) is 0. The molecule has 0 bridgehead atoms. The molecule has 1 aromatic carbocycles. The molecule has 0 aliphatic carbocycles. The van der Waals surface area contributed by atoms with Crippen LogP contribution in [0.2, 0.25) is 0 Å². The van der Waals surface area contributed by atoms with E-state index in [4.69, 9.17) is 19.2 Å². The fraction of sp³-hybridized carbons (Fsp3) is 0.522. The average molecular weight is 441 g/mol. The Hall–Kier alpha value is -3.07. The Balaban J connectivity index is 1.23. The number of nitrogens with one attached hydrogen (secondary N) is 1. The molecule has 170 valence electrons. The molecule has 9 heteroatoms. The lowest BCUT2D eigenvalue weighted by Gasteiger charge is -2.33. The number of nitrogens with zero attached hydrogens (tertiary/aromatic N) is 3. The van der Waals surface area contributed by atoms with Crippen LogP contribution in [0.25, 0.3) is 0 Å². The third kappa shape index (κ3) is 4.29. The molecular formula is C23H28N4O5. The first kappa shape index (κ1) is 20.8. The summed E-state index contributed by atoms with van der Waals surface area (Å²) in [6.07, 6.45) is 2.54. The lowest BCUT2D eigenvalue weighted by atomic mass is 9.96. The minimum atomic E-state index is -0.0773. The lowest BCUT2D eigenvalue weighted by Crippen LogP contribution is -2.42. The summed E-state index contributed by atoms with van der Waals surface area (Å²) in [6.45, 7) is 3.72. The van der Waals surface area contributed by atoms with Gasteiger partial charge in [-0.25, -0.2) is 4.98 Å². The molecule has 1 amide bonds. The Labute approximate surface area is 186 Å². The molecule has 5 rings (SSSR count). The Morgan fingerprint density at radius 1 is 1.25 bits per heavy atom. The van der Waals surface area contributed by atoms with Crippen LogP contribution in [0.4, 0.5) is 0 Å². The Morgan fingerprint density at radius 2 is 2.09 bits per heavy atom. The fourth-order valence-electron chi connectivity index (χ4n) is 4.55. The quantitative estimate of drug-likeness (QED) is 0.766. The van der Waals surface area contributed by atoms with Gasteiger partial charge in [-0.3, -0.25) is 9.59 Å². The standard InChI is InChI=1S/C23H28N4O5/c1-26-8-6-18-17(13-26)23(29)25-22(24-18)15-3-2-7-27(12-15)21(28)14-32-16-4-5-19-20(11-16)31-10-9-30-19/h4-5,11,15H,2-3,6-10,12-14H2,1H3,(H,24,25,29)/t15-/m0/s1. The van der Waals surface area contributed by atoms with Gasteiger partial charge in [-0.2, -0.15) is 0 Å². The maximum absolute atomic E-state index is 12.8. The number of hydrogen-bond acceptors (Lipinski definition) is 7. The van der Waals surface area contributed by atoms with E-state index in [-0.39, 0.29) is 24.0 Å². The summed E-state index contributed by atoms with van der Waals surface area (Å²) in [4.78, 5) is 37.1. The fourth-order valence-corrected chi connectivity index (χ4v) is 4.55. The summed E-state index contributed by atoms with van der Waals surface area (Å²) in [5.41, 5.74) is 1.60. The van der Waals surface area contributed by atoms with Gasteiger partial charge in [0.2, 0.25) is 0 Å². The van der Waals surface area contributed by atoms with Gasteiger partial charge in [0.15, 0.2) is 18.1 Å². The van der Waals surface area contributed by atoms with Gasteiger partial charge >= 0.3 is 0 Å². The molecule has 3 aliphatic heterocycles. The van der Waals surface area contributed by atoms with Crippen LogP contribution in [0.3, 0.4) is 0 Å². The van der Waals surface area contributed by atoms with E-state index in [1.165, 1.54) is 0 Å². The normalized spacial score (nSPS) is 20.5. The average Bonchev–Trinajstić information content (AvgIpc) is 2.83. The largest absolute Gasteiger partial charge is 0.486 e. The SMILES string of the molecule is CN1CCc2nc([C@H]3CCCN(C(=O)COc4ccc5c(c4)OCCO5)C3)[nH]c(=O)c2C1. The molecular weight excluding hydrogens is 412 g/mol. The highest BCUT2D eigenvalue weighted by atomic mass is 16.6. The van der Waals surface area contributed by atoms with Crippen molar-refractivity contribution in [2.45, 2.75) is 31.7 Å². The molecule has 0 saturated carbocycles. The van der Waals surface area contributed by atoms with Crippen LogP contribution >= 0.6 is 0 Å². The number of H-pyrrole nitrogens is 1. The number of fused-ring (bicyclic) bond motifs is 2. The van der Waals surface area contributed by atoms with Crippen molar-refractivity contribution < 1.29 is 19.0 Å². The summed E-state index contributed by atoms with van der Waals surface area (Å²) in [7, 11) is 2.01. The first-order chi connectivity index (χ1) is 15.6. The summed E-state index contributed by atoms with van der Waals surface area (Å²) in [5.74, 6) is 2.54. The van der Waals surface area contributed by atoms with Crippen LogP contribution < -0.4 is 19.8 Å². The molecule has 2 aromatic rings. The van der Waals surface area contributed by atoms with Crippen molar-refractivity contribution in [3.63, 3.8) is 0 Å². The van der Waals surface area contributed by atoms with Crippen LogP contribution in [0.5, 0.6) is 17.2 Å². The Morgan fingerprint density at radius 3 is 2.97 bits per heavy atom. The first-order valence-electron chi connectivity index (χ1n) is 11.2. The third-order valence-corrected chi connectivity index (χ3v) is 6.31. The van der Waals surface area contributed by atoms with E-state index in [1.807, 2.05) is 7.05 Å². The maximum Gasteiger partial charge on any atom is 0.260 e. The number of likely N-dealkylation sites (N-methyl/N-ethyl adjacent to an activating group) is 1. The smallest absolute Gasteiger partial charge is 0.260 e. The van der Waals surface area contributed by atoms with Gasteiger partial charge in [0.05, 0.1) is 11.3 Å². The van der Waals surface area contributed by atoms with Crippen LogP contribution in [-0.4, -0.2) is 72.2 Å². The second-order valence-electron chi connectivity index (χ2n) is 8.64. The molecule has 0 spiro atoms. The van der Waals surface area contributed by atoms with Gasteiger partial charge in [0, 0.05) is 44.6 Å². The minimum Gasteiger partial charge on any atom is -0.486 e. The second-order valence-corrected chi connectivity index (χ2v) is 8.64. The second kappa shape index (κ2) is 8.82. The molecule has 9 nitrogen and oxygen atoms in total. The predicted octanol–water partition coefficient (Wildman–Crippen LogP) is 1.31. The summed E-state index contributed by atoms with van der Waals surface area (Å²) < 4.78 is 16.8. The van der Waals surface area contributed by atoms with Crippen molar-refractivity contribution in [2.75, 3.05) is 46.5 Å². The molecule has 32 heavy (non-hydrogen) atoms. The van der Waals surface area contributed by atoms with Gasteiger partial charge in [-0.15, -0.1) is 0 Å². The monoisotopic (exact) mass is 440 g/mol. The number of amides is 1. The molecule has 0 unspecified atom stereocenters. The number of rotatable bonds is 4. The number of piperidine rings is 1. The number of aromatic nitrogens is 2. The first-order valence-corrected chi connectivity index (χ1v) is 11.2. The van der Waals surface area contributed by atoms with Gasteiger partial charge in [0.25, 0.3) is 11.5 Å². The molecule has 1 atom stereocenters. The lowest BCUT2D eigenvalue weighted by molar-refractivity contribution is -0.134. The van der Waals surface area contributed by atoms with E-state index < -0.39 is 0 Å². The zero-order valence-electron chi connectivity index (χ0n) is 18.3. The zero-order valence-corrected chi connectivity index (χ0v) is 18.3. The number of hydrogen-bond donors (Lipinski definition) is 1. The number of likely N-dealkylation sites (tertiary alicyclic amines) is 1. The summed E-state index contributed by atoms with van der Waals surface area (Å²) >= 11 is 0. The molecule has 1 saturated heterocycles. The molecule has 3 aliphatic rings. The van der Waals surface area contributed by atoms with E-state index in [1.54, 1.807) is 23.1 Å². The summed E-state index contributed by atoms with van der Waals surface area (Å²) in [6, 6.07) is 5.32. The molecule has 4 heterocycles. The predicted molar refractivity (Wildman–Crippen MR) is 116 cm³/mol. The zero-order chi connectivity index (χ0) is 22.1. The number of benzene rings is 1. The molecule has 1 fully saturated rings. The highest BCUT2D eigenvalue weighted by Crippen LogP contribution is 2.33. The number of aromatic amines is 1. The maximum atomic E-state index is 12.8. The van der Waals surface area contributed by atoms with Gasteiger partial charge in [-0.1, -0.05) is 0 Å².